The zero-order valence-electron chi connectivity index (χ0n) is 26.2. The van der Waals surface area contributed by atoms with Crippen molar-refractivity contribution in [3.8, 4) is 0 Å². The molecule has 0 radical (unpaired) electrons. The highest BCUT2D eigenvalue weighted by Crippen LogP contribution is 2.47. The lowest BCUT2D eigenvalue weighted by Crippen LogP contribution is -2.57. The van der Waals surface area contributed by atoms with Crippen LogP contribution < -0.4 is 0 Å². The smallest absolute Gasteiger partial charge is 0.179 e. The molecule has 0 aromatic heterocycles. The number of sulfone groups is 1. The van der Waals surface area contributed by atoms with Gasteiger partial charge in [0.1, 0.15) is 12.2 Å². The third-order valence-corrected chi connectivity index (χ3v) is 10.6. The molecular formula is C38H42O6S. The summed E-state index contributed by atoms with van der Waals surface area (Å²) in [5.74, 6) is -0.547. The molecule has 1 fully saturated rings. The molecule has 5 atom stereocenters. The van der Waals surface area contributed by atoms with Gasteiger partial charge in [-0.15, -0.1) is 0 Å². The van der Waals surface area contributed by atoms with E-state index in [1.165, 1.54) is 0 Å². The fraction of sp³-hybridized carbons (Fsp3) is 0.368. The van der Waals surface area contributed by atoms with E-state index in [-0.39, 0.29) is 17.8 Å². The molecule has 0 N–H and O–H groups in total. The molecule has 4 aromatic rings. The van der Waals surface area contributed by atoms with Gasteiger partial charge in [-0.05, 0) is 33.7 Å². The fourth-order valence-electron chi connectivity index (χ4n) is 6.30. The summed E-state index contributed by atoms with van der Waals surface area (Å²) in [6.07, 6.45) is -2.10. The summed E-state index contributed by atoms with van der Waals surface area (Å²) in [4.78, 5) is 0.339. The second-order valence-electron chi connectivity index (χ2n) is 13.1. The predicted octanol–water partition coefficient (Wildman–Crippen LogP) is 7.22. The third kappa shape index (κ3) is 7.40. The lowest BCUT2D eigenvalue weighted by molar-refractivity contribution is -0.245. The molecule has 1 saturated heterocycles. The summed E-state index contributed by atoms with van der Waals surface area (Å²) in [5.41, 5.74) is 4.68. The van der Waals surface area contributed by atoms with E-state index >= 15 is 0 Å². The van der Waals surface area contributed by atoms with Gasteiger partial charge in [-0.25, -0.2) is 8.42 Å². The molecule has 0 bridgehead atoms. The minimum atomic E-state index is -3.60. The molecule has 45 heavy (non-hydrogen) atoms. The number of hydrogen-bond donors (Lipinski definition) is 0. The monoisotopic (exact) mass is 626 g/mol. The van der Waals surface area contributed by atoms with Gasteiger partial charge >= 0.3 is 0 Å². The number of benzene rings is 4. The Hall–Kier alpha value is -3.33. The van der Waals surface area contributed by atoms with Crippen LogP contribution in [0.2, 0.25) is 0 Å². The molecule has 0 spiro atoms. The molecule has 2 aliphatic rings. The van der Waals surface area contributed by atoms with Crippen LogP contribution >= 0.6 is 0 Å². The van der Waals surface area contributed by atoms with Crippen LogP contribution in [0.3, 0.4) is 0 Å². The standard InChI is InChI=1S/C38H42O6S/c1-38(2,3)30-19-20-34-31(21-30)35-32(26-45(34,39)40)36(42-23-28-15-9-5-10-16-28)37(43-24-29-17-11-6-12-18-29)33(44-35)25-41-22-27-13-7-4-8-14-27/h4-21,32-33,35-37H,22-26H2,1-3H3/t32-,33+,35+,36+,37+/m0/s1. The molecule has 4 aromatic carbocycles. The summed E-state index contributed by atoms with van der Waals surface area (Å²) in [7, 11) is -3.60. The minimum absolute atomic E-state index is 0.0816. The van der Waals surface area contributed by atoms with E-state index < -0.39 is 40.2 Å². The van der Waals surface area contributed by atoms with Gasteiger partial charge in [0.2, 0.25) is 0 Å². The highest BCUT2D eigenvalue weighted by Gasteiger charge is 2.53. The van der Waals surface area contributed by atoms with E-state index in [0.29, 0.717) is 30.3 Å². The number of ether oxygens (including phenoxy) is 4. The molecule has 6 nitrogen and oxygen atoms in total. The topological polar surface area (TPSA) is 71.1 Å². The second-order valence-corrected chi connectivity index (χ2v) is 15.1. The van der Waals surface area contributed by atoms with Crippen LogP contribution in [0.4, 0.5) is 0 Å². The lowest BCUT2D eigenvalue weighted by atomic mass is 9.81. The summed E-state index contributed by atoms with van der Waals surface area (Å²) >= 11 is 0. The predicted molar refractivity (Wildman–Crippen MR) is 174 cm³/mol. The van der Waals surface area contributed by atoms with Crippen molar-refractivity contribution >= 4 is 9.84 Å². The second kappa shape index (κ2) is 13.6. The first-order chi connectivity index (χ1) is 21.7. The number of fused-ring (bicyclic) bond motifs is 3. The van der Waals surface area contributed by atoms with Gasteiger partial charge in [-0.2, -0.15) is 0 Å². The summed E-state index contributed by atoms with van der Waals surface area (Å²) < 4.78 is 54.2. The Morgan fingerprint density at radius 1 is 0.711 bits per heavy atom. The van der Waals surface area contributed by atoms with Crippen molar-refractivity contribution in [3.05, 3.63) is 137 Å². The van der Waals surface area contributed by atoms with E-state index in [4.69, 9.17) is 18.9 Å². The van der Waals surface area contributed by atoms with Crippen LogP contribution in [0.15, 0.2) is 114 Å². The zero-order valence-corrected chi connectivity index (χ0v) is 27.0. The molecular weight excluding hydrogens is 584 g/mol. The Balaban J connectivity index is 1.37. The van der Waals surface area contributed by atoms with Gasteiger partial charge in [0, 0.05) is 11.5 Å². The zero-order chi connectivity index (χ0) is 31.4. The first-order valence-corrected chi connectivity index (χ1v) is 17.3. The Labute approximate surface area is 267 Å². The maximum Gasteiger partial charge on any atom is 0.179 e. The van der Waals surface area contributed by atoms with Crippen LogP contribution in [-0.4, -0.2) is 39.1 Å². The number of rotatable bonds is 10. The molecule has 0 amide bonds. The van der Waals surface area contributed by atoms with E-state index in [2.05, 4.69) is 20.8 Å². The van der Waals surface area contributed by atoms with E-state index in [0.717, 1.165) is 22.3 Å². The number of hydrogen-bond acceptors (Lipinski definition) is 6. The fourth-order valence-corrected chi connectivity index (χ4v) is 8.16. The molecule has 236 valence electrons. The van der Waals surface area contributed by atoms with Crippen LogP contribution in [0.25, 0.3) is 0 Å². The average molecular weight is 627 g/mol. The third-order valence-electron chi connectivity index (χ3n) is 8.72. The molecule has 2 aliphatic heterocycles. The van der Waals surface area contributed by atoms with Gasteiger partial charge in [0.05, 0.1) is 49.3 Å². The molecule has 0 aliphatic carbocycles. The Kier molecular flexibility index (Phi) is 9.54. The summed E-state index contributed by atoms with van der Waals surface area (Å²) in [6.45, 7) is 7.75. The van der Waals surface area contributed by atoms with Crippen molar-refractivity contribution in [2.24, 2.45) is 5.92 Å². The SMILES string of the molecule is CC(C)(C)c1ccc2c(c1)[C@H]1O[C@H](COCc3ccccc3)[C@@H](OCc3ccccc3)[C@H](OCc3ccccc3)[C@H]1CS2(=O)=O. The van der Waals surface area contributed by atoms with Crippen molar-refractivity contribution in [2.45, 2.75) is 75.3 Å². The van der Waals surface area contributed by atoms with Crippen molar-refractivity contribution in [2.75, 3.05) is 12.4 Å². The molecule has 6 rings (SSSR count). The summed E-state index contributed by atoms with van der Waals surface area (Å²) in [6, 6.07) is 35.6. The van der Waals surface area contributed by atoms with Crippen molar-refractivity contribution in [3.63, 3.8) is 0 Å². The first-order valence-electron chi connectivity index (χ1n) is 15.6. The maximum absolute atomic E-state index is 13.8. The van der Waals surface area contributed by atoms with Crippen LogP contribution in [0.5, 0.6) is 0 Å². The van der Waals surface area contributed by atoms with E-state index in [1.807, 2.05) is 103 Å². The molecule has 7 heteroatoms. The average Bonchev–Trinajstić information content (AvgIpc) is 3.04. The van der Waals surface area contributed by atoms with Gasteiger partial charge in [-0.1, -0.05) is 124 Å². The van der Waals surface area contributed by atoms with Crippen LogP contribution in [0, 0.1) is 5.92 Å². The van der Waals surface area contributed by atoms with Gasteiger partial charge in [0.15, 0.2) is 9.84 Å². The van der Waals surface area contributed by atoms with Gasteiger partial charge < -0.3 is 18.9 Å². The maximum atomic E-state index is 13.8. The Morgan fingerprint density at radius 3 is 1.80 bits per heavy atom. The Bertz CT molecular complexity index is 1650. The van der Waals surface area contributed by atoms with Crippen LogP contribution in [-0.2, 0) is 54.0 Å². The first kappa shape index (κ1) is 31.6. The minimum Gasteiger partial charge on any atom is -0.374 e. The highest BCUT2D eigenvalue weighted by molar-refractivity contribution is 7.91. The van der Waals surface area contributed by atoms with Gasteiger partial charge in [-0.3, -0.25) is 0 Å². The molecule has 2 heterocycles. The molecule has 0 saturated carbocycles. The quantitative estimate of drug-likeness (QED) is 0.185. The molecule has 0 unspecified atom stereocenters. The highest BCUT2D eigenvalue weighted by atomic mass is 32.2. The Morgan fingerprint density at radius 2 is 1.24 bits per heavy atom. The van der Waals surface area contributed by atoms with Crippen molar-refractivity contribution in [1.82, 2.24) is 0 Å². The van der Waals surface area contributed by atoms with Crippen molar-refractivity contribution in [1.29, 1.82) is 0 Å². The normalized spacial score (nSPS) is 24.0. The van der Waals surface area contributed by atoms with Crippen molar-refractivity contribution < 1.29 is 27.4 Å². The van der Waals surface area contributed by atoms with E-state index in [9.17, 15) is 8.42 Å². The van der Waals surface area contributed by atoms with E-state index in [1.54, 1.807) is 6.07 Å². The summed E-state index contributed by atoms with van der Waals surface area (Å²) in [5, 5.41) is 0. The lowest BCUT2D eigenvalue weighted by Gasteiger charge is -2.48. The van der Waals surface area contributed by atoms with Crippen LogP contribution in [0.1, 0.15) is 54.7 Å². The van der Waals surface area contributed by atoms with Gasteiger partial charge in [0.25, 0.3) is 0 Å². The largest absolute Gasteiger partial charge is 0.374 e.